The molecular weight excluding hydrogens is 348 g/mol. The molecule has 3 rings (SSSR count). The van der Waals surface area contributed by atoms with Gasteiger partial charge in [-0.05, 0) is 62.1 Å². The molecule has 5 nitrogen and oxygen atoms in total. The van der Waals surface area contributed by atoms with E-state index in [4.69, 9.17) is 0 Å². The zero-order valence-corrected chi connectivity index (χ0v) is 16.4. The Morgan fingerprint density at radius 3 is 2.46 bits per heavy atom. The van der Waals surface area contributed by atoms with Crippen molar-refractivity contribution in [2.75, 3.05) is 22.0 Å². The molecule has 1 heterocycles. The summed E-state index contributed by atoms with van der Waals surface area (Å²) in [5.41, 5.74) is 4.57. The van der Waals surface area contributed by atoms with Crippen LogP contribution in [-0.2, 0) is 21.2 Å². The molecule has 1 amide bonds. The van der Waals surface area contributed by atoms with E-state index in [0.29, 0.717) is 12.2 Å². The predicted molar refractivity (Wildman–Crippen MR) is 105 cm³/mol. The summed E-state index contributed by atoms with van der Waals surface area (Å²) in [6, 6.07) is 12.4. The van der Waals surface area contributed by atoms with Crippen molar-refractivity contribution in [3.8, 4) is 0 Å². The van der Waals surface area contributed by atoms with E-state index in [1.807, 2.05) is 50.2 Å². The third-order valence-electron chi connectivity index (χ3n) is 4.96. The first-order valence-corrected chi connectivity index (χ1v) is 10.5. The van der Waals surface area contributed by atoms with Crippen molar-refractivity contribution < 1.29 is 13.2 Å². The second-order valence-electron chi connectivity index (χ2n) is 6.87. The summed E-state index contributed by atoms with van der Waals surface area (Å²) in [5, 5.41) is 0. The maximum absolute atomic E-state index is 13.1. The van der Waals surface area contributed by atoms with Crippen molar-refractivity contribution >= 4 is 27.3 Å². The molecular formula is C20H24N2O3S. The van der Waals surface area contributed by atoms with E-state index in [9.17, 15) is 13.2 Å². The zero-order chi connectivity index (χ0) is 19.1. The van der Waals surface area contributed by atoms with Gasteiger partial charge in [-0.15, -0.1) is 0 Å². The van der Waals surface area contributed by atoms with Crippen molar-refractivity contribution in [1.82, 2.24) is 0 Å². The van der Waals surface area contributed by atoms with Crippen LogP contribution in [0.15, 0.2) is 42.5 Å². The van der Waals surface area contributed by atoms with Gasteiger partial charge in [0.15, 0.2) is 0 Å². The number of anilines is 2. The highest BCUT2D eigenvalue weighted by Crippen LogP contribution is 2.30. The van der Waals surface area contributed by atoms with Crippen LogP contribution in [0, 0.1) is 13.8 Å². The van der Waals surface area contributed by atoms with Crippen molar-refractivity contribution in [1.29, 1.82) is 0 Å². The monoisotopic (exact) mass is 372 g/mol. The second-order valence-corrected chi connectivity index (χ2v) is 8.73. The number of aryl methyl sites for hydroxylation is 2. The number of sulfonamides is 1. The molecule has 0 saturated heterocycles. The Hall–Kier alpha value is -2.34. The lowest BCUT2D eigenvalue weighted by molar-refractivity contribution is -0.119. The number of carbonyl (C=O) groups excluding carboxylic acids is 1. The van der Waals surface area contributed by atoms with Gasteiger partial charge in [-0.2, -0.15) is 0 Å². The summed E-state index contributed by atoms with van der Waals surface area (Å²) in [6.45, 7) is 6.13. The number of benzene rings is 2. The Morgan fingerprint density at radius 2 is 1.81 bits per heavy atom. The average molecular weight is 372 g/mol. The second kappa shape index (κ2) is 6.76. The minimum Gasteiger partial charge on any atom is -0.310 e. The molecule has 2 aromatic rings. The van der Waals surface area contributed by atoms with Crippen molar-refractivity contribution in [3.05, 3.63) is 59.2 Å². The van der Waals surface area contributed by atoms with Gasteiger partial charge in [-0.3, -0.25) is 9.10 Å². The van der Waals surface area contributed by atoms with Gasteiger partial charge in [0.05, 0.1) is 11.9 Å². The number of rotatable bonds is 4. The molecule has 0 saturated carbocycles. The smallest absolute Gasteiger partial charge is 0.250 e. The first-order chi connectivity index (χ1) is 12.2. The van der Waals surface area contributed by atoms with E-state index >= 15 is 0 Å². The molecule has 2 aromatic carbocycles. The number of carbonyl (C=O) groups is 1. The summed E-state index contributed by atoms with van der Waals surface area (Å²) < 4.78 is 26.2. The highest BCUT2D eigenvalue weighted by molar-refractivity contribution is 7.92. The Balaban J connectivity index is 1.97. The number of hydrogen-bond acceptors (Lipinski definition) is 3. The van der Waals surface area contributed by atoms with Crippen LogP contribution in [-0.4, -0.2) is 33.2 Å². The van der Waals surface area contributed by atoms with E-state index in [1.165, 1.54) is 4.31 Å². The molecule has 26 heavy (non-hydrogen) atoms. The van der Waals surface area contributed by atoms with Crippen LogP contribution < -0.4 is 9.21 Å². The Labute approximate surface area is 155 Å². The fourth-order valence-electron chi connectivity index (χ4n) is 3.46. The van der Waals surface area contributed by atoms with Gasteiger partial charge in [0.25, 0.3) is 5.91 Å². The SMILES string of the molecule is Cc1ccc(N(C(C)C(=O)N2CCc3ccccc32)S(C)(=O)=O)cc1C. The Kier molecular flexibility index (Phi) is 4.80. The van der Waals surface area contributed by atoms with Gasteiger partial charge in [0, 0.05) is 12.2 Å². The highest BCUT2D eigenvalue weighted by Gasteiger charge is 2.34. The largest absolute Gasteiger partial charge is 0.310 e. The molecule has 0 N–H and O–H groups in total. The molecule has 0 radical (unpaired) electrons. The lowest BCUT2D eigenvalue weighted by atomic mass is 10.1. The number of amides is 1. The fraction of sp³-hybridized carbons (Fsp3) is 0.350. The first kappa shape index (κ1) is 18.5. The minimum absolute atomic E-state index is 0.210. The van der Waals surface area contributed by atoms with E-state index < -0.39 is 16.1 Å². The van der Waals surface area contributed by atoms with Gasteiger partial charge in [-0.1, -0.05) is 24.3 Å². The fourth-order valence-corrected chi connectivity index (χ4v) is 4.62. The molecule has 1 atom stereocenters. The molecule has 0 bridgehead atoms. The topological polar surface area (TPSA) is 57.7 Å². The summed E-state index contributed by atoms with van der Waals surface area (Å²) in [7, 11) is -3.61. The third kappa shape index (κ3) is 3.33. The standard InChI is InChI=1S/C20H24N2O3S/c1-14-9-10-18(13-15(14)2)22(26(4,24)25)16(3)20(23)21-12-11-17-7-5-6-8-19(17)21/h5-10,13,16H,11-12H2,1-4H3. The van der Waals surface area contributed by atoms with E-state index in [0.717, 1.165) is 35.1 Å². The highest BCUT2D eigenvalue weighted by atomic mass is 32.2. The van der Waals surface area contributed by atoms with Gasteiger partial charge in [0.1, 0.15) is 6.04 Å². The quantitative estimate of drug-likeness (QED) is 0.829. The lowest BCUT2D eigenvalue weighted by Gasteiger charge is -2.31. The van der Waals surface area contributed by atoms with Crippen LogP contribution in [0.5, 0.6) is 0 Å². The van der Waals surface area contributed by atoms with Crippen molar-refractivity contribution in [3.63, 3.8) is 0 Å². The molecule has 1 aliphatic rings. The first-order valence-electron chi connectivity index (χ1n) is 8.66. The minimum atomic E-state index is -3.61. The molecule has 0 fully saturated rings. The summed E-state index contributed by atoms with van der Waals surface area (Å²) >= 11 is 0. The number of nitrogens with zero attached hydrogens (tertiary/aromatic N) is 2. The maximum atomic E-state index is 13.1. The van der Waals surface area contributed by atoms with E-state index in [-0.39, 0.29) is 5.91 Å². The van der Waals surface area contributed by atoms with Crippen LogP contribution in [0.4, 0.5) is 11.4 Å². The van der Waals surface area contributed by atoms with E-state index in [2.05, 4.69) is 0 Å². The molecule has 1 unspecified atom stereocenters. The summed E-state index contributed by atoms with van der Waals surface area (Å²) in [6.07, 6.45) is 1.93. The van der Waals surface area contributed by atoms with Gasteiger partial charge < -0.3 is 4.90 Å². The van der Waals surface area contributed by atoms with Gasteiger partial charge >= 0.3 is 0 Å². The van der Waals surface area contributed by atoms with Crippen LogP contribution in [0.1, 0.15) is 23.6 Å². The summed E-state index contributed by atoms with van der Waals surface area (Å²) in [5.74, 6) is -0.210. The molecule has 0 spiro atoms. The number of hydrogen-bond donors (Lipinski definition) is 0. The van der Waals surface area contributed by atoms with Crippen molar-refractivity contribution in [2.45, 2.75) is 33.2 Å². The lowest BCUT2D eigenvalue weighted by Crippen LogP contribution is -2.49. The van der Waals surface area contributed by atoms with Crippen LogP contribution in [0.25, 0.3) is 0 Å². The van der Waals surface area contributed by atoms with Crippen LogP contribution in [0.2, 0.25) is 0 Å². The third-order valence-corrected chi connectivity index (χ3v) is 6.21. The predicted octanol–water partition coefficient (Wildman–Crippen LogP) is 3.05. The van der Waals surface area contributed by atoms with Gasteiger partial charge in [-0.25, -0.2) is 8.42 Å². The summed E-state index contributed by atoms with van der Waals surface area (Å²) in [4.78, 5) is 14.8. The molecule has 138 valence electrons. The van der Waals surface area contributed by atoms with Crippen LogP contribution >= 0.6 is 0 Å². The molecule has 1 aliphatic heterocycles. The maximum Gasteiger partial charge on any atom is 0.250 e. The average Bonchev–Trinajstić information content (AvgIpc) is 3.00. The number of fused-ring (bicyclic) bond motifs is 1. The van der Waals surface area contributed by atoms with Crippen LogP contribution in [0.3, 0.4) is 0 Å². The van der Waals surface area contributed by atoms with Gasteiger partial charge in [0.2, 0.25) is 10.0 Å². The Morgan fingerprint density at radius 1 is 1.12 bits per heavy atom. The molecule has 6 heteroatoms. The van der Waals surface area contributed by atoms with Crippen molar-refractivity contribution in [2.24, 2.45) is 0 Å². The molecule has 0 aromatic heterocycles. The number of para-hydroxylation sites is 1. The van der Waals surface area contributed by atoms with E-state index in [1.54, 1.807) is 17.9 Å². The molecule has 0 aliphatic carbocycles. The normalized spacial score (nSPS) is 14.8. The Bertz CT molecular complexity index is 953. The zero-order valence-electron chi connectivity index (χ0n) is 15.6.